The Morgan fingerprint density at radius 1 is 1.28 bits per heavy atom. The average molecular weight is 267 g/mol. The Balaban J connectivity index is 2.67. The van der Waals surface area contributed by atoms with Gasteiger partial charge in [-0.1, -0.05) is 0 Å². The van der Waals surface area contributed by atoms with Crippen LogP contribution in [-0.4, -0.2) is 21.1 Å². The van der Waals surface area contributed by atoms with Crippen LogP contribution in [0.25, 0.3) is 0 Å². The highest BCUT2D eigenvalue weighted by molar-refractivity contribution is 7.82. The second-order valence-electron chi connectivity index (χ2n) is 2.96. The number of nitrogens with zero attached hydrogens (tertiary/aromatic N) is 1. The first-order valence-corrected chi connectivity index (χ1v) is 6.11. The highest BCUT2D eigenvalue weighted by Crippen LogP contribution is 2.19. The number of isocyanates is 1. The van der Waals surface area contributed by atoms with E-state index < -0.39 is 10.4 Å². The number of terminal acetylenes is 1. The van der Waals surface area contributed by atoms with Crippen LogP contribution in [0.2, 0.25) is 0 Å². The van der Waals surface area contributed by atoms with Crippen molar-refractivity contribution in [2.45, 2.75) is 6.42 Å². The normalized spacial score (nSPS) is 10.2. The molecule has 18 heavy (non-hydrogen) atoms. The molecule has 0 unspecified atom stereocenters. The van der Waals surface area contributed by atoms with Crippen molar-refractivity contribution in [3.05, 3.63) is 24.3 Å². The summed E-state index contributed by atoms with van der Waals surface area (Å²) in [6.07, 6.45) is 6.47. The summed E-state index contributed by atoms with van der Waals surface area (Å²) in [6, 6.07) is 5.46. The van der Waals surface area contributed by atoms with E-state index in [2.05, 4.69) is 19.3 Å². The zero-order valence-corrected chi connectivity index (χ0v) is 10.0. The largest absolute Gasteiger partial charge is 0.449 e. The standard InChI is InChI=1S/C11H9NO5S/c1-2-3-8-16-18(14,15)17-11-6-4-10(5-7-11)12-9-13/h1,4-7H,3,8H2. The summed E-state index contributed by atoms with van der Waals surface area (Å²) in [4.78, 5) is 13.3. The summed E-state index contributed by atoms with van der Waals surface area (Å²) < 4.78 is 31.7. The molecular weight excluding hydrogens is 258 g/mol. The molecule has 0 aromatic heterocycles. The Kier molecular flexibility index (Phi) is 5.08. The van der Waals surface area contributed by atoms with Crippen molar-refractivity contribution in [2.24, 2.45) is 4.99 Å². The van der Waals surface area contributed by atoms with Gasteiger partial charge in [0.2, 0.25) is 6.08 Å². The number of hydrogen-bond donors (Lipinski definition) is 0. The fraction of sp³-hybridized carbons (Fsp3) is 0.182. The van der Waals surface area contributed by atoms with Crippen molar-refractivity contribution in [2.75, 3.05) is 6.61 Å². The molecular formula is C11H9NO5S. The molecule has 6 nitrogen and oxygen atoms in total. The average Bonchev–Trinajstić information content (AvgIpc) is 2.32. The maximum atomic E-state index is 11.3. The maximum Gasteiger partial charge on any atom is 0.449 e. The van der Waals surface area contributed by atoms with Gasteiger partial charge in [-0.15, -0.1) is 12.3 Å². The lowest BCUT2D eigenvalue weighted by atomic mass is 10.3. The Morgan fingerprint density at radius 2 is 1.94 bits per heavy atom. The molecule has 1 aromatic rings. The lowest BCUT2D eigenvalue weighted by Crippen LogP contribution is -2.13. The van der Waals surface area contributed by atoms with Gasteiger partial charge in [-0.05, 0) is 24.3 Å². The number of aliphatic imine (C=N–C) groups is 1. The Labute approximate surface area is 105 Å². The maximum absolute atomic E-state index is 11.3. The molecule has 7 heteroatoms. The Hall–Kier alpha value is -2.13. The van der Waals surface area contributed by atoms with Gasteiger partial charge in [0.25, 0.3) is 0 Å². The smallest absolute Gasteiger partial charge is 0.362 e. The fourth-order valence-electron chi connectivity index (χ4n) is 0.973. The van der Waals surface area contributed by atoms with E-state index in [1.807, 2.05) is 0 Å². The highest BCUT2D eigenvalue weighted by Gasteiger charge is 2.13. The molecule has 0 aliphatic carbocycles. The third kappa shape index (κ3) is 4.80. The predicted octanol–water partition coefficient (Wildman–Crippen LogP) is 1.32. The Bertz CT molecular complexity index is 579. The Morgan fingerprint density at radius 3 is 2.50 bits per heavy atom. The van der Waals surface area contributed by atoms with E-state index in [0.29, 0.717) is 5.69 Å². The molecule has 0 saturated carbocycles. The van der Waals surface area contributed by atoms with Crippen LogP contribution in [0.5, 0.6) is 5.75 Å². The van der Waals surface area contributed by atoms with E-state index in [9.17, 15) is 13.2 Å². The zero-order chi connectivity index (χ0) is 13.4. The van der Waals surface area contributed by atoms with Crippen LogP contribution < -0.4 is 4.18 Å². The topological polar surface area (TPSA) is 82.0 Å². The molecule has 1 aromatic carbocycles. The second-order valence-corrected chi connectivity index (χ2v) is 4.18. The van der Waals surface area contributed by atoms with Crippen molar-refractivity contribution in [1.82, 2.24) is 0 Å². The molecule has 0 radical (unpaired) electrons. The van der Waals surface area contributed by atoms with Crippen LogP contribution in [-0.2, 0) is 19.4 Å². The van der Waals surface area contributed by atoms with Gasteiger partial charge in [0.05, 0.1) is 12.3 Å². The first-order valence-electron chi connectivity index (χ1n) is 4.77. The monoisotopic (exact) mass is 267 g/mol. The SMILES string of the molecule is C#CCCOS(=O)(=O)Oc1ccc(N=C=O)cc1. The summed E-state index contributed by atoms with van der Waals surface area (Å²) >= 11 is 0. The van der Waals surface area contributed by atoms with Gasteiger partial charge < -0.3 is 4.18 Å². The van der Waals surface area contributed by atoms with Crippen molar-refractivity contribution in [1.29, 1.82) is 0 Å². The summed E-state index contributed by atoms with van der Waals surface area (Å²) in [5, 5.41) is 0. The summed E-state index contributed by atoms with van der Waals surface area (Å²) in [7, 11) is -4.14. The van der Waals surface area contributed by atoms with Gasteiger partial charge in [-0.3, -0.25) is 0 Å². The van der Waals surface area contributed by atoms with Crippen LogP contribution in [0.1, 0.15) is 6.42 Å². The van der Waals surface area contributed by atoms with Crippen LogP contribution in [0.3, 0.4) is 0 Å². The third-order valence-electron chi connectivity index (χ3n) is 1.68. The number of rotatable bonds is 6. The first-order chi connectivity index (χ1) is 8.57. The van der Waals surface area contributed by atoms with Gasteiger partial charge in [0.15, 0.2) is 0 Å². The van der Waals surface area contributed by atoms with Crippen LogP contribution in [0, 0.1) is 12.3 Å². The molecule has 0 spiro atoms. The van der Waals surface area contributed by atoms with Crippen molar-refractivity contribution < 1.29 is 21.6 Å². The summed E-state index contributed by atoms with van der Waals surface area (Å²) in [6.45, 7) is -0.146. The lowest BCUT2D eigenvalue weighted by molar-refractivity contribution is 0.280. The summed E-state index contributed by atoms with van der Waals surface area (Å²) in [5.74, 6) is 2.27. The molecule has 0 amide bonds. The van der Waals surface area contributed by atoms with E-state index in [0.717, 1.165) is 0 Å². The second kappa shape index (κ2) is 6.57. The van der Waals surface area contributed by atoms with Crippen molar-refractivity contribution >= 4 is 22.2 Å². The fourth-order valence-corrected chi connectivity index (χ4v) is 1.66. The van der Waals surface area contributed by atoms with Crippen LogP contribution in [0.4, 0.5) is 5.69 Å². The van der Waals surface area contributed by atoms with Crippen molar-refractivity contribution in [3.8, 4) is 18.1 Å². The van der Waals surface area contributed by atoms with Crippen LogP contribution >= 0.6 is 0 Å². The number of benzene rings is 1. The van der Waals surface area contributed by atoms with E-state index in [1.54, 1.807) is 0 Å². The van der Waals surface area contributed by atoms with Crippen LogP contribution in [0.15, 0.2) is 29.3 Å². The van der Waals surface area contributed by atoms with Gasteiger partial charge in [-0.2, -0.15) is 13.4 Å². The molecule has 0 fully saturated rings. The molecule has 0 saturated heterocycles. The van der Waals surface area contributed by atoms with E-state index in [-0.39, 0.29) is 18.8 Å². The lowest BCUT2D eigenvalue weighted by Gasteiger charge is -2.05. The first kappa shape index (κ1) is 13.9. The molecule has 0 bridgehead atoms. The predicted molar refractivity (Wildman–Crippen MR) is 63.2 cm³/mol. The van der Waals surface area contributed by atoms with E-state index in [1.165, 1.54) is 30.3 Å². The van der Waals surface area contributed by atoms with E-state index in [4.69, 9.17) is 6.42 Å². The quantitative estimate of drug-likeness (QED) is 0.336. The minimum Gasteiger partial charge on any atom is -0.362 e. The number of hydrogen-bond acceptors (Lipinski definition) is 6. The molecule has 0 aliphatic rings. The zero-order valence-electron chi connectivity index (χ0n) is 9.20. The molecule has 0 atom stereocenters. The van der Waals surface area contributed by atoms with Crippen molar-refractivity contribution in [3.63, 3.8) is 0 Å². The highest BCUT2D eigenvalue weighted by atomic mass is 32.3. The third-order valence-corrected chi connectivity index (χ3v) is 2.54. The van der Waals surface area contributed by atoms with Gasteiger partial charge in [0.1, 0.15) is 5.75 Å². The number of carbonyl (C=O) groups excluding carboxylic acids is 1. The molecule has 0 aliphatic heterocycles. The van der Waals surface area contributed by atoms with Gasteiger partial charge in [-0.25, -0.2) is 8.98 Å². The minimum absolute atomic E-state index is 0.0422. The molecule has 0 heterocycles. The van der Waals surface area contributed by atoms with Gasteiger partial charge in [0, 0.05) is 6.42 Å². The minimum atomic E-state index is -4.14. The molecule has 1 rings (SSSR count). The van der Waals surface area contributed by atoms with E-state index >= 15 is 0 Å². The molecule has 94 valence electrons. The summed E-state index contributed by atoms with van der Waals surface area (Å²) in [5.41, 5.74) is 0.336. The molecule has 0 N–H and O–H groups in total. The van der Waals surface area contributed by atoms with Gasteiger partial charge >= 0.3 is 10.4 Å².